The fraction of sp³-hybridized carbons (Fsp3) is 0.227. The van der Waals surface area contributed by atoms with Crippen molar-refractivity contribution in [3.05, 3.63) is 76.1 Å². The Bertz CT molecular complexity index is 1060. The Morgan fingerprint density at radius 3 is 2.45 bits per heavy atom. The van der Waals surface area contributed by atoms with Crippen LogP contribution in [-0.4, -0.2) is 27.8 Å². The van der Waals surface area contributed by atoms with E-state index >= 15 is 0 Å². The van der Waals surface area contributed by atoms with Crippen LogP contribution in [0.2, 0.25) is 5.15 Å². The van der Waals surface area contributed by atoms with Crippen LogP contribution in [-0.2, 0) is 9.53 Å². The van der Waals surface area contributed by atoms with E-state index in [9.17, 15) is 9.59 Å². The molecule has 0 spiro atoms. The van der Waals surface area contributed by atoms with Crippen molar-refractivity contribution < 1.29 is 14.3 Å². The van der Waals surface area contributed by atoms with Crippen molar-refractivity contribution in [3.63, 3.8) is 0 Å². The van der Waals surface area contributed by atoms with E-state index in [1.54, 1.807) is 6.92 Å². The molecule has 0 aliphatic carbocycles. The maximum absolute atomic E-state index is 12.7. The SMILES string of the molecule is Cc1ccc(NC(=O)[C@H](C)OC(=O)c2c(C)nn(-c3ccccc3)c2Cl)c(C)c1. The molecule has 1 atom stereocenters. The summed E-state index contributed by atoms with van der Waals surface area (Å²) in [6, 6.07) is 14.9. The number of nitrogens with zero attached hydrogens (tertiary/aromatic N) is 2. The van der Waals surface area contributed by atoms with Crippen molar-refractivity contribution in [1.82, 2.24) is 9.78 Å². The number of hydrogen-bond donors (Lipinski definition) is 1. The van der Waals surface area contributed by atoms with Gasteiger partial charge in [0.1, 0.15) is 10.7 Å². The third kappa shape index (κ3) is 4.49. The highest BCUT2D eigenvalue weighted by Gasteiger charge is 2.26. The highest BCUT2D eigenvalue weighted by Crippen LogP contribution is 2.25. The number of nitrogens with one attached hydrogen (secondary N) is 1. The zero-order chi connectivity index (χ0) is 21.1. The van der Waals surface area contributed by atoms with E-state index in [0.29, 0.717) is 11.4 Å². The molecule has 0 unspecified atom stereocenters. The Morgan fingerprint density at radius 2 is 1.79 bits per heavy atom. The van der Waals surface area contributed by atoms with Crippen molar-refractivity contribution >= 4 is 29.2 Å². The van der Waals surface area contributed by atoms with E-state index in [0.717, 1.165) is 16.8 Å². The quantitative estimate of drug-likeness (QED) is 0.621. The van der Waals surface area contributed by atoms with Crippen LogP contribution in [0.25, 0.3) is 5.69 Å². The standard InChI is InChI=1S/C22H22ClN3O3/c1-13-10-11-18(14(2)12-13)24-21(27)16(4)29-22(28)19-15(3)25-26(20(19)23)17-8-6-5-7-9-17/h5-12,16H,1-4H3,(H,24,27)/t16-/m0/s1. The molecule has 7 heteroatoms. The normalized spacial score (nSPS) is 11.8. The topological polar surface area (TPSA) is 73.2 Å². The third-order valence-corrected chi connectivity index (χ3v) is 4.85. The molecule has 0 bridgehead atoms. The van der Waals surface area contributed by atoms with Gasteiger partial charge in [0.2, 0.25) is 0 Å². The van der Waals surface area contributed by atoms with Crippen molar-refractivity contribution in [1.29, 1.82) is 0 Å². The molecule has 3 rings (SSSR count). The predicted molar refractivity (Wildman–Crippen MR) is 113 cm³/mol. The van der Waals surface area contributed by atoms with Gasteiger partial charge in [-0.15, -0.1) is 0 Å². The number of amides is 1. The first-order valence-corrected chi connectivity index (χ1v) is 9.55. The summed E-state index contributed by atoms with van der Waals surface area (Å²) in [4.78, 5) is 25.1. The number of aryl methyl sites for hydroxylation is 3. The summed E-state index contributed by atoms with van der Waals surface area (Å²) in [5, 5.41) is 7.25. The largest absolute Gasteiger partial charge is 0.449 e. The number of aromatic nitrogens is 2. The van der Waals surface area contributed by atoms with Crippen LogP contribution < -0.4 is 5.32 Å². The molecule has 150 valence electrons. The number of ether oxygens (including phenoxy) is 1. The van der Waals surface area contributed by atoms with E-state index in [4.69, 9.17) is 16.3 Å². The van der Waals surface area contributed by atoms with Crippen LogP contribution in [0.4, 0.5) is 5.69 Å². The second-order valence-corrected chi connectivity index (χ2v) is 7.21. The van der Waals surface area contributed by atoms with Gasteiger partial charge in [0.05, 0.1) is 11.4 Å². The fourth-order valence-corrected chi connectivity index (χ4v) is 3.28. The number of halogens is 1. The van der Waals surface area contributed by atoms with E-state index in [1.807, 2.05) is 62.4 Å². The maximum atomic E-state index is 12.7. The van der Waals surface area contributed by atoms with Gasteiger partial charge in [-0.2, -0.15) is 5.10 Å². The number of esters is 1. The molecule has 0 radical (unpaired) electrons. The summed E-state index contributed by atoms with van der Waals surface area (Å²) in [7, 11) is 0. The van der Waals surface area contributed by atoms with Crippen LogP contribution in [0, 0.1) is 20.8 Å². The van der Waals surface area contributed by atoms with Crippen LogP contribution in [0.3, 0.4) is 0 Å². The van der Waals surface area contributed by atoms with E-state index in [1.165, 1.54) is 11.6 Å². The molecule has 0 aliphatic heterocycles. The molecule has 1 N–H and O–H groups in total. The Balaban J connectivity index is 1.74. The molecule has 1 heterocycles. The Labute approximate surface area is 174 Å². The van der Waals surface area contributed by atoms with Crippen LogP contribution in [0.5, 0.6) is 0 Å². The fourth-order valence-electron chi connectivity index (χ4n) is 2.93. The first-order valence-electron chi connectivity index (χ1n) is 9.17. The van der Waals surface area contributed by atoms with E-state index < -0.39 is 18.0 Å². The average molecular weight is 412 g/mol. The molecule has 6 nitrogen and oxygen atoms in total. The van der Waals surface area contributed by atoms with Crippen molar-refractivity contribution in [3.8, 4) is 5.69 Å². The van der Waals surface area contributed by atoms with Crippen molar-refractivity contribution in [2.75, 3.05) is 5.32 Å². The molecule has 2 aromatic carbocycles. The van der Waals surface area contributed by atoms with Gasteiger partial charge in [-0.3, -0.25) is 4.79 Å². The molecular formula is C22H22ClN3O3. The van der Waals surface area contributed by atoms with Gasteiger partial charge in [-0.1, -0.05) is 47.5 Å². The molecule has 3 aromatic rings. The number of hydrogen-bond acceptors (Lipinski definition) is 4. The zero-order valence-corrected chi connectivity index (χ0v) is 17.4. The van der Waals surface area contributed by atoms with Crippen LogP contribution in [0.15, 0.2) is 48.5 Å². The molecule has 0 saturated heterocycles. The highest BCUT2D eigenvalue weighted by molar-refractivity contribution is 6.33. The third-order valence-electron chi connectivity index (χ3n) is 4.50. The predicted octanol–water partition coefficient (Wildman–Crippen LogP) is 4.63. The maximum Gasteiger partial charge on any atom is 0.344 e. The minimum Gasteiger partial charge on any atom is -0.449 e. The van der Waals surface area contributed by atoms with Gasteiger partial charge in [-0.05, 0) is 51.5 Å². The molecule has 1 aromatic heterocycles. The van der Waals surface area contributed by atoms with E-state index in [-0.39, 0.29) is 10.7 Å². The minimum absolute atomic E-state index is 0.140. The molecule has 0 saturated carbocycles. The molecule has 0 fully saturated rings. The van der Waals surface area contributed by atoms with Gasteiger partial charge in [0.25, 0.3) is 5.91 Å². The zero-order valence-electron chi connectivity index (χ0n) is 16.7. The number of rotatable bonds is 5. The first kappa shape index (κ1) is 20.6. The lowest BCUT2D eigenvalue weighted by atomic mass is 10.1. The molecule has 29 heavy (non-hydrogen) atoms. The van der Waals surface area contributed by atoms with Gasteiger partial charge in [-0.25, -0.2) is 9.48 Å². The molecule has 1 amide bonds. The van der Waals surface area contributed by atoms with Crippen LogP contribution in [0.1, 0.15) is 34.1 Å². The minimum atomic E-state index is -1.00. The van der Waals surface area contributed by atoms with Crippen LogP contribution >= 0.6 is 11.6 Å². The number of carbonyl (C=O) groups excluding carboxylic acids is 2. The number of benzene rings is 2. The van der Waals surface area contributed by atoms with Gasteiger partial charge >= 0.3 is 5.97 Å². The number of carbonyl (C=O) groups is 2. The molecule has 0 aliphatic rings. The van der Waals surface area contributed by atoms with Crippen molar-refractivity contribution in [2.24, 2.45) is 0 Å². The second-order valence-electron chi connectivity index (χ2n) is 6.85. The van der Waals surface area contributed by atoms with Gasteiger partial charge < -0.3 is 10.1 Å². The first-order chi connectivity index (χ1) is 13.8. The van der Waals surface area contributed by atoms with Gasteiger partial charge in [0, 0.05) is 5.69 Å². The van der Waals surface area contributed by atoms with Gasteiger partial charge in [0.15, 0.2) is 6.10 Å². The van der Waals surface area contributed by atoms with Crippen molar-refractivity contribution in [2.45, 2.75) is 33.8 Å². The lowest BCUT2D eigenvalue weighted by Crippen LogP contribution is -2.30. The Hall–Kier alpha value is -3.12. The summed E-state index contributed by atoms with van der Waals surface area (Å²) < 4.78 is 6.82. The monoisotopic (exact) mass is 411 g/mol. The summed E-state index contributed by atoms with van der Waals surface area (Å²) in [6.45, 7) is 7.06. The lowest BCUT2D eigenvalue weighted by Gasteiger charge is -2.15. The lowest BCUT2D eigenvalue weighted by molar-refractivity contribution is -0.123. The van der Waals surface area contributed by atoms with E-state index in [2.05, 4.69) is 10.4 Å². The Morgan fingerprint density at radius 1 is 1.10 bits per heavy atom. The average Bonchev–Trinajstić information content (AvgIpc) is 2.98. The summed E-state index contributed by atoms with van der Waals surface area (Å²) >= 11 is 6.39. The smallest absolute Gasteiger partial charge is 0.344 e. The Kier molecular flexibility index (Phi) is 6.03. The highest BCUT2D eigenvalue weighted by atomic mass is 35.5. The summed E-state index contributed by atoms with van der Waals surface area (Å²) in [5.41, 5.74) is 3.99. The molecular weight excluding hydrogens is 390 g/mol. The number of anilines is 1. The number of para-hydroxylation sites is 1. The second kappa shape index (κ2) is 8.49. The summed E-state index contributed by atoms with van der Waals surface area (Å²) in [6.07, 6.45) is -1.00. The summed E-state index contributed by atoms with van der Waals surface area (Å²) in [5.74, 6) is -1.12.